The van der Waals surface area contributed by atoms with Crippen LogP contribution in [0.25, 0.3) is 0 Å². The van der Waals surface area contributed by atoms with E-state index >= 15 is 0 Å². The predicted octanol–water partition coefficient (Wildman–Crippen LogP) is 4.86. The third-order valence-corrected chi connectivity index (χ3v) is 3.62. The maximum Gasteiger partial charge on any atom is 0.338 e. The lowest BCUT2D eigenvalue weighted by Gasteiger charge is -2.10. The highest BCUT2D eigenvalue weighted by Gasteiger charge is 2.10. The normalized spacial score (nSPS) is 10.2. The first-order chi connectivity index (χ1) is 10.1. The van der Waals surface area contributed by atoms with E-state index in [1.807, 2.05) is 24.3 Å². The van der Waals surface area contributed by atoms with Crippen molar-refractivity contribution in [2.75, 3.05) is 6.61 Å². The summed E-state index contributed by atoms with van der Waals surface area (Å²) in [7, 11) is 0. The number of hydrogen-bond acceptors (Lipinski definition) is 3. The largest absolute Gasteiger partial charge is 0.488 e. The summed E-state index contributed by atoms with van der Waals surface area (Å²) in [4.78, 5) is 11.6. The summed E-state index contributed by atoms with van der Waals surface area (Å²) < 4.78 is 11.4. The molecule has 21 heavy (non-hydrogen) atoms. The van der Waals surface area contributed by atoms with Crippen molar-refractivity contribution >= 4 is 33.5 Å². The zero-order valence-corrected chi connectivity index (χ0v) is 13.8. The number of ether oxygens (including phenoxy) is 2. The van der Waals surface area contributed by atoms with Crippen LogP contribution in [0.4, 0.5) is 0 Å². The first-order valence-electron chi connectivity index (χ1n) is 6.44. The van der Waals surface area contributed by atoms with E-state index in [-0.39, 0.29) is 5.97 Å². The van der Waals surface area contributed by atoms with Crippen LogP contribution >= 0.6 is 27.5 Å². The Morgan fingerprint density at radius 1 is 1.19 bits per heavy atom. The van der Waals surface area contributed by atoms with Gasteiger partial charge in [0.15, 0.2) is 0 Å². The van der Waals surface area contributed by atoms with Crippen molar-refractivity contribution in [3.8, 4) is 5.75 Å². The van der Waals surface area contributed by atoms with Crippen LogP contribution in [0.15, 0.2) is 46.9 Å². The number of halogens is 2. The maximum atomic E-state index is 11.6. The van der Waals surface area contributed by atoms with Gasteiger partial charge in [0.1, 0.15) is 12.4 Å². The third-order valence-electron chi connectivity index (χ3n) is 2.75. The van der Waals surface area contributed by atoms with Gasteiger partial charge in [-0.3, -0.25) is 0 Å². The van der Waals surface area contributed by atoms with Gasteiger partial charge in [-0.05, 0) is 58.7 Å². The molecule has 0 aliphatic heterocycles. The van der Waals surface area contributed by atoms with Crippen molar-refractivity contribution < 1.29 is 14.3 Å². The molecular weight excluding hydrogens is 356 g/mol. The fourth-order valence-electron chi connectivity index (χ4n) is 1.70. The Balaban J connectivity index is 2.04. The number of carbonyl (C=O) groups is 1. The van der Waals surface area contributed by atoms with Gasteiger partial charge in [0, 0.05) is 5.02 Å². The van der Waals surface area contributed by atoms with Gasteiger partial charge >= 0.3 is 5.97 Å². The van der Waals surface area contributed by atoms with Crippen molar-refractivity contribution in [2.45, 2.75) is 13.5 Å². The average molecular weight is 370 g/mol. The van der Waals surface area contributed by atoms with E-state index in [9.17, 15) is 4.79 Å². The Morgan fingerprint density at radius 2 is 1.90 bits per heavy atom. The van der Waals surface area contributed by atoms with Gasteiger partial charge in [0.25, 0.3) is 0 Å². The molecule has 5 heteroatoms. The lowest BCUT2D eigenvalue weighted by molar-refractivity contribution is 0.0526. The van der Waals surface area contributed by atoms with Gasteiger partial charge in [-0.1, -0.05) is 23.7 Å². The SMILES string of the molecule is CCOC(=O)c1ccc(OCc2ccc(Cl)cc2)c(Br)c1. The van der Waals surface area contributed by atoms with Gasteiger partial charge < -0.3 is 9.47 Å². The quantitative estimate of drug-likeness (QED) is 0.706. The number of rotatable bonds is 5. The summed E-state index contributed by atoms with van der Waals surface area (Å²) in [6.07, 6.45) is 0. The van der Waals surface area contributed by atoms with Crippen LogP contribution in [0.2, 0.25) is 5.02 Å². The molecular formula is C16H14BrClO3. The predicted molar refractivity (Wildman–Crippen MR) is 85.9 cm³/mol. The summed E-state index contributed by atoms with van der Waals surface area (Å²) in [5.41, 5.74) is 1.50. The highest BCUT2D eigenvalue weighted by molar-refractivity contribution is 9.10. The molecule has 2 rings (SSSR count). The van der Waals surface area contributed by atoms with Crippen LogP contribution in [0.3, 0.4) is 0 Å². The first kappa shape index (κ1) is 15.9. The highest BCUT2D eigenvalue weighted by atomic mass is 79.9. The van der Waals surface area contributed by atoms with E-state index in [0.29, 0.717) is 34.0 Å². The van der Waals surface area contributed by atoms with Crippen LogP contribution < -0.4 is 4.74 Å². The zero-order chi connectivity index (χ0) is 15.2. The number of carbonyl (C=O) groups excluding carboxylic acids is 1. The molecule has 0 amide bonds. The smallest absolute Gasteiger partial charge is 0.338 e. The first-order valence-corrected chi connectivity index (χ1v) is 7.61. The standard InChI is InChI=1S/C16H14BrClO3/c1-2-20-16(19)12-5-8-15(14(17)9-12)21-10-11-3-6-13(18)7-4-11/h3-9H,2,10H2,1H3. The fourth-order valence-corrected chi connectivity index (χ4v) is 2.32. The van der Waals surface area contributed by atoms with E-state index in [0.717, 1.165) is 5.56 Å². The summed E-state index contributed by atoms with van der Waals surface area (Å²) in [6, 6.07) is 12.6. The molecule has 110 valence electrons. The molecule has 0 bridgehead atoms. The monoisotopic (exact) mass is 368 g/mol. The summed E-state index contributed by atoms with van der Waals surface area (Å²) in [5.74, 6) is 0.320. The summed E-state index contributed by atoms with van der Waals surface area (Å²) in [5, 5.41) is 0.693. The van der Waals surface area contributed by atoms with Crippen LogP contribution in [0, 0.1) is 0 Å². The molecule has 0 aliphatic rings. The molecule has 0 aliphatic carbocycles. The van der Waals surface area contributed by atoms with Gasteiger partial charge in [-0.2, -0.15) is 0 Å². The minimum atomic E-state index is -0.345. The Hall–Kier alpha value is -1.52. The molecule has 0 radical (unpaired) electrons. The van der Waals surface area contributed by atoms with E-state index in [2.05, 4.69) is 15.9 Å². The topological polar surface area (TPSA) is 35.5 Å². The Labute approximate surface area is 137 Å². The molecule has 0 spiro atoms. The second-order valence-corrected chi connectivity index (χ2v) is 5.57. The van der Waals surface area contributed by atoms with Gasteiger partial charge in [0.2, 0.25) is 0 Å². The molecule has 0 aromatic heterocycles. The maximum absolute atomic E-state index is 11.6. The van der Waals surface area contributed by atoms with Crippen molar-refractivity contribution in [3.63, 3.8) is 0 Å². The molecule has 0 N–H and O–H groups in total. The van der Waals surface area contributed by atoms with Crippen LogP contribution in [-0.4, -0.2) is 12.6 Å². The number of esters is 1. The minimum Gasteiger partial charge on any atom is -0.488 e. The average Bonchev–Trinajstić information content (AvgIpc) is 2.48. The van der Waals surface area contributed by atoms with Crippen LogP contribution in [0.5, 0.6) is 5.75 Å². The molecule has 2 aromatic carbocycles. The fraction of sp³-hybridized carbons (Fsp3) is 0.188. The van der Waals surface area contributed by atoms with Gasteiger partial charge in [-0.25, -0.2) is 4.79 Å². The molecule has 2 aromatic rings. The lowest BCUT2D eigenvalue weighted by atomic mass is 10.2. The molecule has 0 atom stereocenters. The molecule has 0 fully saturated rings. The highest BCUT2D eigenvalue weighted by Crippen LogP contribution is 2.27. The zero-order valence-electron chi connectivity index (χ0n) is 11.4. The Morgan fingerprint density at radius 3 is 2.52 bits per heavy atom. The summed E-state index contributed by atoms with van der Waals surface area (Å²) in [6.45, 7) is 2.55. The van der Waals surface area contributed by atoms with E-state index in [1.165, 1.54) is 0 Å². The Bertz CT molecular complexity index is 626. The molecule has 0 unspecified atom stereocenters. The number of benzene rings is 2. The molecule has 0 heterocycles. The minimum absolute atomic E-state index is 0.345. The van der Waals surface area contributed by atoms with E-state index < -0.39 is 0 Å². The van der Waals surface area contributed by atoms with Crippen molar-refractivity contribution in [1.82, 2.24) is 0 Å². The molecule has 0 saturated carbocycles. The second kappa shape index (κ2) is 7.48. The summed E-state index contributed by atoms with van der Waals surface area (Å²) >= 11 is 9.23. The van der Waals surface area contributed by atoms with Crippen LogP contribution in [-0.2, 0) is 11.3 Å². The van der Waals surface area contributed by atoms with E-state index in [1.54, 1.807) is 25.1 Å². The van der Waals surface area contributed by atoms with Crippen molar-refractivity contribution in [3.05, 3.63) is 63.1 Å². The van der Waals surface area contributed by atoms with Crippen molar-refractivity contribution in [2.24, 2.45) is 0 Å². The van der Waals surface area contributed by atoms with Gasteiger partial charge in [-0.15, -0.1) is 0 Å². The second-order valence-electron chi connectivity index (χ2n) is 4.28. The molecule has 0 saturated heterocycles. The molecule has 3 nitrogen and oxygen atoms in total. The Kier molecular flexibility index (Phi) is 5.65. The van der Waals surface area contributed by atoms with Gasteiger partial charge in [0.05, 0.1) is 16.6 Å². The lowest BCUT2D eigenvalue weighted by Crippen LogP contribution is -2.05. The number of hydrogen-bond donors (Lipinski definition) is 0. The van der Waals surface area contributed by atoms with Crippen LogP contribution in [0.1, 0.15) is 22.8 Å². The third kappa shape index (κ3) is 4.48. The van der Waals surface area contributed by atoms with E-state index in [4.69, 9.17) is 21.1 Å². The van der Waals surface area contributed by atoms with Crippen molar-refractivity contribution in [1.29, 1.82) is 0 Å².